The summed E-state index contributed by atoms with van der Waals surface area (Å²) in [6, 6.07) is 10.4. The smallest absolute Gasteiger partial charge is 0.387 e. The van der Waals surface area contributed by atoms with Gasteiger partial charge in [-0.05, 0) is 64.2 Å². The van der Waals surface area contributed by atoms with Gasteiger partial charge in [-0.1, -0.05) is 0 Å². The molecule has 0 saturated carbocycles. The molecule has 0 bridgehead atoms. The number of carbonyl (C=O) groups is 2. The van der Waals surface area contributed by atoms with E-state index in [1.54, 1.807) is 30.3 Å². The second kappa shape index (κ2) is 9.97. The molecule has 37 heavy (non-hydrogen) atoms. The molecule has 3 aromatic rings. The van der Waals surface area contributed by atoms with Crippen LogP contribution in [0.1, 0.15) is 46.8 Å². The summed E-state index contributed by atoms with van der Waals surface area (Å²) in [6.07, 6.45) is 1.93. The van der Waals surface area contributed by atoms with Crippen molar-refractivity contribution in [2.24, 2.45) is 0 Å². The van der Waals surface area contributed by atoms with Crippen LogP contribution in [0.15, 0.2) is 36.4 Å². The highest BCUT2D eigenvalue weighted by atomic mass is 19.3. The Morgan fingerprint density at radius 3 is 2.65 bits per heavy atom. The molecule has 1 saturated heterocycles. The van der Waals surface area contributed by atoms with Crippen LogP contribution in [-0.2, 0) is 0 Å². The third kappa shape index (κ3) is 4.95. The van der Waals surface area contributed by atoms with Gasteiger partial charge in [0, 0.05) is 42.8 Å². The van der Waals surface area contributed by atoms with Crippen LogP contribution in [0, 0.1) is 0 Å². The molecule has 2 aromatic heterocycles. The van der Waals surface area contributed by atoms with E-state index in [1.165, 1.54) is 6.07 Å². The van der Waals surface area contributed by atoms with E-state index in [9.17, 15) is 18.4 Å². The first kappa shape index (κ1) is 24.9. The highest BCUT2D eigenvalue weighted by Gasteiger charge is 2.26. The van der Waals surface area contributed by atoms with Crippen molar-refractivity contribution in [2.75, 3.05) is 43.9 Å². The van der Waals surface area contributed by atoms with Crippen LogP contribution < -0.4 is 20.3 Å². The Labute approximate surface area is 213 Å². The van der Waals surface area contributed by atoms with Crippen LogP contribution in [0.2, 0.25) is 0 Å². The van der Waals surface area contributed by atoms with Crippen LogP contribution >= 0.6 is 0 Å². The van der Waals surface area contributed by atoms with E-state index in [-0.39, 0.29) is 29.1 Å². The summed E-state index contributed by atoms with van der Waals surface area (Å²) in [6.45, 7) is 0.964. The van der Waals surface area contributed by atoms with Gasteiger partial charge in [-0.2, -0.15) is 8.78 Å². The molecule has 0 aliphatic carbocycles. The number of piperidine rings is 1. The number of ether oxygens (including phenoxy) is 1. The Morgan fingerprint density at radius 2 is 1.95 bits per heavy atom. The topological polar surface area (TPSA) is 91.7 Å². The van der Waals surface area contributed by atoms with Gasteiger partial charge in [-0.3, -0.25) is 9.59 Å². The molecule has 2 amide bonds. The van der Waals surface area contributed by atoms with Gasteiger partial charge in [0.2, 0.25) is 0 Å². The molecule has 4 heterocycles. The maximum atomic E-state index is 13.2. The number of anilines is 2. The van der Waals surface area contributed by atoms with Crippen molar-refractivity contribution in [3.8, 4) is 5.75 Å². The fourth-order valence-electron chi connectivity index (χ4n) is 5.10. The van der Waals surface area contributed by atoms with Crippen LogP contribution in [-0.4, -0.2) is 72.6 Å². The van der Waals surface area contributed by atoms with Crippen LogP contribution in [0.4, 0.5) is 20.2 Å². The molecule has 0 spiro atoms. The first-order valence-electron chi connectivity index (χ1n) is 12.3. The number of aromatic nitrogens is 2. The zero-order valence-corrected chi connectivity index (χ0v) is 21.0. The number of halogens is 2. The molecule has 196 valence electrons. The fourth-order valence-corrected chi connectivity index (χ4v) is 5.10. The second-order valence-electron chi connectivity index (χ2n) is 9.76. The van der Waals surface area contributed by atoms with E-state index in [0.717, 1.165) is 37.0 Å². The number of fused-ring (bicyclic) bond motifs is 3. The summed E-state index contributed by atoms with van der Waals surface area (Å²) in [7, 11) is 4.11. The zero-order valence-electron chi connectivity index (χ0n) is 21.0. The lowest BCUT2D eigenvalue weighted by molar-refractivity contribution is -0.0493. The molecule has 2 aliphatic heterocycles. The van der Waals surface area contributed by atoms with E-state index < -0.39 is 12.5 Å². The van der Waals surface area contributed by atoms with E-state index >= 15 is 0 Å². The average Bonchev–Trinajstić information content (AvgIpc) is 3.27. The van der Waals surface area contributed by atoms with Crippen molar-refractivity contribution in [3.63, 3.8) is 0 Å². The standard InChI is InChI=1S/C26H30F2N6O3/c1-15-14-29-25(36)21-12-16-4-6-20(30-23(16)34(15)21)24(35)31-19-7-5-18(13-22(19)37-26(27)28)33-10-8-17(9-11-33)32(2)3/h4-7,12-13,15,17,26H,8-11,14H2,1-3H3,(H,29,36)(H,31,35)/t15-/m1/s1. The lowest BCUT2D eigenvalue weighted by Crippen LogP contribution is -2.42. The number of rotatable bonds is 6. The maximum Gasteiger partial charge on any atom is 0.387 e. The van der Waals surface area contributed by atoms with Gasteiger partial charge < -0.3 is 29.7 Å². The minimum Gasteiger partial charge on any atom is -0.433 e. The Morgan fingerprint density at radius 1 is 1.19 bits per heavy atom. The third-order valence-electron chi connectivity index (χ3n) is 7.14. The molecular formula is C26H30F2N6O3. The molecule has 9 nitrogen and oxygen atoms in total. The quantitative estimate of drug-likeness (QED) is 0.523. The number of amides is 2. The molecular weight excluding hydrogens is 482 g/mol. The van der Waals surface area contributed by atoms with Gasteiger partial charge >= 0.3 is 6.61 Å². The van der Waals surface area contributed by atoms with Gasteiger partial charge in [-0.25, -0.2) is 4.98 Å². The van der Waals surface area contributed by atoms with E-state index in [1.807, 2.05) is 11.5 Å². The lowest BCUT2D eigenvalue weighted by Gasteiger charge is -2.36. The summed E-state index contributed by atoms with van der Waals surface area (Å²) < 4.78 is 33.1. The van der Waals surface area contributed by atoms with Crippen LogP contribution in [0.3, 0.4) is 0 Å². The number of benzene rings is 1. The Hall–Kier alpha value is -3.73. The predicted molar refractivity (Wildman–Crippen MR) is 137 cm³/mol. The first-order valence-corrected chi connectivity index (χ1v) is 12.3. The third-order valence-corrected chi connectivity index (χ3v) is 7.14. The summed E-state index contributed by atoms with van der Waals surface area (Å²) in [5.41, 5.74) is 1.99. The maximum absolute atomic E-state index is 13.2. The lowest BCUT2D eigenvalue weighted by atomic mass is 10.0. The molecule has 1 fully saturated rings. The number of hydrogen-bond donors (Lipinski definition) is 2. The largest absolute Gasteiger partial charge is 0.433 e. The number of alkyl halides is 2. The number of carbonyl (C=O) groups excluding carboxylic acids is 2. The Kier molecular flexibility index (Phi) is 6.72. The molecule has 0 radical (unpaired) electrons. The van der Waals surface area contributed by atoms with Gasteiger partial charge in [0.05, 0.1) is 11.7 Å². The first-order chi connectivity index (χ1) is 17.7. The zero-order chi connectivity index (χ0) is 26.3. The van der Waals surface area contributed by atoms with Crippen LogP contribution in [0.25, 0.3) is 11.0 Å². The molecule has 1 atom stereocenters. The van der Waals surface area contributed by atoms with E-state index in [2.05, 4.69) is 39.5 Å². The fraction of sp³-hybridized carbons (Fsp3) is 0.423. The molecule has 11 heteroatoms. The second-order valence-corrected chi connectivity index (χ2v) is 9.76. The SMILES string of the molecule is C[C@@H]1CNC(=O)c2cc3ccc(C(=O)Nc4ccc(N5CCC(N(C)C)CC5)cc4OC(F)F)nc3n21. The van der Waals surface area contributed by atoms with Crippen molar-refractivity contribution in [3.05, 3.63) is 47.8 Å². The number of pyridine rings is 1. The molecule has 2 N–H and O–H groups in total. The molecule has 1 aromatic carbocycles. The molecule has 5 rings (SSSR count). The van der Waals surface area contributed by atoms with Crippen molar-refractivity contribution in [1.29, 1.82) is 0 Å². The Balaban J connectivity index is 1.39. The normalized spacial score (nSPS) is 18.3. The van der Waals surface area contributed by atoms with Gasteiger partial charge in [0.1, 0.15) is 17.0 Å². The van der Waals surface area contributed by atoms with Gasteiger partial charge in [-0.15, -0.1) is 0 Å². The Bertz CT molecular complexity index is 1330. The van der Waals surface area contributed by atoms with Crippen molar-refractivity contribution < 1.29 is 23.1 Å². The monoisotopic (exact) mass is 512 g/mol. The highest BCUT2D eigenvalue weighted by molar-refractivity contribution is 6.05. The highest BCUT2D eigenvalue weighted by Crippen LogP contribution is 2.33. The van der Waals surface area contributed by atoms with Crippen molar-refractivity contribution in [2.45, 2.75) is 38.5 Å². The van der Waals surface area contributed by atoms with E-state index in [0.29, 0.717) is 23.9 Å². The molecule has 0 unspecified atom stereocenters. The average molecular weight is 513 g/mol. The summed E-state index contributed by atoms with van der Waals surface area (Å²) in [5.74, 6) is -0.868. The predicted octanol–water partition coefficient (Wildman–Crippen LogP) is 3.72. The van der Waals surface area contributed by atoms with Gasteiger partial charge in [0.25, 0.3) is 11.8 Å². The minimum absolute atomic E-state index is 0.0302. The summed E-state index contributed by atoms with van der Waals surface area (Å²) in [4.78, 5) is 34.2. The number of nitrogens with zero attached hydrogens (tertiary/aromatic N) is 4. The van der Waals surface area contributed by atoms with Crippen LogP contribution in [0.5, 0.6) is 5.75 Å². The molecule has 2 aliphatic rings. The summed E-state index contributed by atoms with van der Waals surface area (Å²) in [5, 5.41) is 6.23. The van der Waals surface area contributed by atoms with Crippen molar-refractivity contribution in [1.82, 2.24) is 19.8 Å². The van der Waals surface area contributed by atoms with E-state index in [4.69, 9.17) is 4.74 Å². The number of nitrogens with one attached hydrogen (secondary N) is 2. The van der Waals surface area contributed by atoms with Gasteiger partial charge in [0.15, 0.2) is 5.75 Å². The summed E-state index contributed by atoms with van der Waals surface area (Å²) >= 11 is 0. The van der Waals surface area contributed by atoms with Crippen molar-refractivity contribution >= 4 is 34.2 Å². The number of hydrogen-bond acceptors (Lipinski definition) is 6. The minimum atomic E-state index is -3.04.